The minimum atomic E-state index is -3.49. The molecule has 0 spiro atoms. The molecule has 0 unspecified atom stereocenters. The lowest BCUT2D eigenvalue weighted by Crippen LogP contribution is -2.34. The van der Waals surface area contributed by atoms with Gasteiger partial charge in [-0.25, -0.2) is 17.5 Å². The highest BCUT2D eigenvalue weighted by Crippen LogP contribution is 2.35. The standard InChI is InChI=1S/C10H12FNO2S/c1-10(6-7-10)12-15(13,14)9-4-2-8(11)3-5-9/h2-5,12H,6-7H2,1H3. The molecule has 82 valence electrons. The third-order valence-electron chi connectivity index (χ3n) is 2.50. The number of hydrogen-bond acceptors (Lipinski definition) is 2. The number of hydrogen-bond donors (Lipinski definition) is 1. The fourth-order valence-electron chi connectivity index (χ4n) is 1.29. The molecule has 0 amide bonds. The summed E-state index contributed by atoms with van der Waals surface area (Å²) >= 11 is 0. The van der Waals surface area contributed by atoms with Crippen LogP contribution in [0.1, 0.15) is 19.8 Å². The molecule has 0 aliphatic heterocycles. The zero-order valence-electron chi connectivity index (χ0n) is 8.33. The van der Waals surface area contributed by atoms with E-state index in [2.05, 4.69) is 4.72 Å². The van der Waals surface area contributed by atoms with E-state index in [-0.39, 0.29) is 10.4 Å². The van der Waals surface area contributed by atoms with Crippen LogP contribution in [0.2, 0.25) is 0 Å². The second kappa shape index (κ2) is 3.28. The second-order valence-corrected chi connectivity index (χ2v) is 5.80. The van der Waals surface area contributed by atoms with E-state index in [0.29, 0.717) is 0 Å². The smallest absolute Gasteiger partial charge is 0.207 e. The molecule has 0 heterocycles. The first kappa shape index (κ1) is 10.6. The third kappa shape index (κ3) is 2.35. The summed E-state index contributed by atoms with van der Waals surface area (Å²) in [7, 11) is -3.49. The summed E-state index contributed by atoms with van der Waals surface area (Å²) in [6.07, 6.45) is 1.71. The first-order valence-corrected chi connectivity index (χ1v) is 6.19. The molecular formula is C10H12FNO2S. The number of sulfonamides is 1. The van der Waals surface area contributed by atoms with E-state index in [4.69, 9.17) is 0 Å². The molecule has 0 aromatic heterocycles. The number of halogens is 1. The van der Waals surface area contributed by atoms with Gasteiger partial charge >= 0.3 is 0 Å². The van der Waals surface area contributed by atoms with Crippen molar-refractivity contribution in [3.8, 4) is 0 Å². The molecule has 5 heteroatoms. The largest absolute Gasteiger partial charge is 0.241 e. The lowest BCUT2D eigenvalue weighted by atomic mass is 10.4. The maximum Gasteiger partial charge on any atom is 0.241 e. The Morgan fingerprint density at radius 1 is 1.27 bits per heavy atom. The van der Waals surface area contributed by atoms with Crippen molar-refractivity contribution in [1.82, 2.24) is 4.72 Å². The van der Waals surface area contributed by atoms with E-state index in [0.717, 1.165) is 25.0 Å². The van der Waals surface area contributed by atoms with Gasteiger partial charge in [-0.2, -0.15) is 0 Å². The van der Waals surface area contributed by atoms with Gasteiger partial charge in [-0.1, -0.05) is 0 Å². The minimum absolute atomic E-state index is 0.108. The zero-order valence-corrected chi connectivity index (χ0v) is 9.14. The highest BCUT2D eigenvalue weighted by atomic mass is 32.2. The van der Waals surface area contributed by atoms with Gasteiger partial charge in [0.15, 0.2) is 0 Å². The Balaban J connectivity index is 2.25. The van der Waals surface area contributed by atoms with Crippen molar-refractivity contribution in [1.29, 1.82) is 0 Å². The van der Waals surface area contributed by atoms with E-state index in [9.17, 15) is 12.8 Å². The lowest BCUT2D eigenvalue weighted by Gasteiger charge is -2.11. The van der Waals surface area contributed by atoms with Crippen molar-refractivity contribution in [2.75, 3.05) is 0 Å². The number of benzene rings is 1. The van der Waals surface area contributed by atoms with Crippen LogP contribution in [-0.4, -0.2) is 14.0 Å². The predicted octanol–water partition coefficient (Wildman–Crippen LogP) is 1.66. The van der Waals surface area contributed by atoms with Gasteiger partial charge in [0, 0.05) is 5.54 Å². The van der Waals surface area contributed by atoms with Gasteiger partial charge in [0.25, 0.3) is 0 Å². The van der Waals surface area contributed by atoms with Crippen molar-refractivity contribution in [3.63, 3.8) is 0 Å². The van der Waals surface area contributed by atoms with Crippen LogP contribution < -0.4 is 4.72 Å². The predicted molar refractivity (Wildman–Crippen MR) is 54.4 cm³/mol. The normalized spacial score (nSPS) is 18.8. The summed E-state index contributed by atoms with van der Waals surface area (Å²) in [5, 5.41) is 0. The molecule has 1 aromatic rings. The van der Waals surface area contributed by atoms with Crippen LogP contribution in [0.5, 0.6) is 0 Å². The molecule has 1 fully saturated rings. The molecule has 1 aromatic carbocycles. The molecule has 1 saturated carbocycles. The topological polar surface area (TPSA) is 46.2 Å². The maximum atomic E-state index is 12.6. The highest BCUT2D eigenvalue weighted by Gasteiger charge is 2.41. The van der Waals surface area contributed by atoms with Gasteiger partial charge in [0.05, 0.1) is 4.90 Å². The van der Waals surface area contributed by atoms with Gasteiger partial charge < -0.3 is 0 Å². The van der Waals surface area contributed by atoms with Gasteiger partial charge in [-0.05, 0) is 44.0 Å². The highest BCUT2D eigenvalue weighted by molar-refractivity contribution is 7.89. The van der Waals surface area contributed by atoms with Crippen molar-refractivity contribution < 1.29 is 12.8 Å². The second-order valence-electron chi connectivity index (χ2n) is 4.12. The van der Waals surface area contributed by atoms with Crippen molar-refractivity contribution in [2.45, 2.75) is 30.2 Å². The van der Waals surface area contributed by atoms with Crippen LogP contribution in [0.25, 0.3) is 0 Å². The average Bonchev–Trinajstić information content (AvgIpc) is 2.82. The molecule has 0 radical (unpaired) electrons. The van der Waals surface area contributed by atoms with Gasteiger partial charge in [0.1, 0.15) is 5.82 Å². The van der Waals surface area contributed by atoms with E-state index in [1.807, 2.05) is 6.92 Å². The summed E-state index contributed by atoms with van der Waals surface area (Å²) in [6.45, 7) is 1.86. The molecule has 2 rings (SSSR count). The Kier molecular flexibility index (Phi) is 2.31. The summed E-state index contributed by atoms with van der Waals surface area (Å²) in [4.78, 5) is 0.108. The Morgan fingerprint density at radius 2 is 1.80 bits per heavy atom. The van der Waals surface area contributed by atoms with Crippen molar-refractivity contribution >= 4 is 10.0 Å². The first-order chi connectivity index (χ1) is 6.91. The van der Waals surface area contributed by atoms with Gasteiger partial charge in [-0.15, -0.1) is 0 Å². The van der Waals surface area contributed by atoms with Crippen molar-refractivity contribution in [2.24, 2.45) is 0 Å². The fourth-order valence-corrected chi connectivity index (χ4v) is 2.75. The molecule has 3 nitrogen and oxygen atoms in total. The Morgan fingerprint density at radius 3 is 2.27 bits per heavy atom. The summed E-state index contributed by atoms with van der Waals surface area (Å²) in [5.74, 6) is -0.438. The summed E-state index contributed by atoms with van der Waals surface area (Å²) in [5.41, 5.74) is -0.298. The van der Waals surface area contributed by atoms with Crippen LogP contribution in [0, 0.1) is 5.82 Å². The monoisotopic (exact) mass is 229 g/mol. The zero-order chi connectivity index (χ0) is 11.1. The van der Waals surface area contributed by atoms with E-state index < -0.39 is 15.8 Å². The summed E-state index contributed by atoms with van der Waals surface area (Å²) in [6, 6.07) is 4.82. The number of rotatable bonds is 3. The average molecular weight is 229 g/mol. The Bertz CT molecular complexity index is 463. The molecular weight excluding hydrogens is 217 g/mol. The minimum Gasteiger partial charge on any atom is -0.207 e. The van der Waals surface area contributed by atoms with E-state index in [1.165, 1.54) is 12.1 Å². The van der Waals surface area contributed by atoms with Crippen molar-refractivity contribution in [3.05, 3.63) is 30.1 Å². The number of nitrogens with one attached hydrogen (secondary N) is 1. The van der Waals surface area contributed by atoms with E-state index >= 15 is 0 Å². The molecule has 1 N–H and O–H groups in total. The maximum absolute atomic E-state index is 12.6. The van der Waals surface area contributed by atoms with Gasteiger partial charge in [-0.3, -0.25) is 0 Å². The molecule has 15 heavy (non-hydrogen) atoms. The molecule has 1 aliphatic carbocycles. The lowest BCUT2D eigenvalue weighted by molar-refractivity contribution is 0.557. The third-order valence-corrected chi connectivity index (χ3v) is 4.16. The molecule has 0 saturated heterocycles. The van der Waals surface area contributed by atoms with Crippen LogP contribution in [0.15, 0.2) is 29.2 Å². The van der Waals surface area contributed by atoms with E-state index in [1.54, 1.807) is 0 Å². The quantitative estimate of drug-likeness (QED) is 0.856. The molecule has 1 aliphatic rings. The van der Waals surface area contributed by atoms with Gasteiger partial charge in [0.2, 0.25) is 10.0 Å². The van der Waals surface area contributed by atoms with Crippen LogP contribution >= 0.6 is 0 Å². The first-order valence-electron chi connectivity index (χ1n) is 4.71. The summed E-state index contributed by atoms with van der Waals surface area (Å²) < 4.78 is 38.7. The fraction of sp³-hybridized carbons (Fsp3) is 0.400. The SMILES string of the molecule is CC1(NS(=O)(=O)c2ccc(F)cc2)CC1. The van der Waals surface area contributed by atoms with Crippen LogP contribution in [0.4, 0.5) is 4.39 Å². The Hall–Kier alpha value is -0.940. The molecule has 0 atom stereocenters. The van der Waals surface area contributed by atoms with Crippen LogP contribution in [-0.2, 0) is 10.0 Å². The molecule has 0 bridgehead atoms. The Labute approximate surface area is 88.4 Å². The van der Waals surface area contributed by atoms with Crippen LogP contribution in [0.3, 0.4) is 0 Å².